The van der Waals surface area contributed by atoms with Gasteiger partial charge in [-0.05, 0) is 51.6 Å². The zero-order valence-corrected chi connectivity index (χ0v) is 11.6. The monoisotopic (exact) mass is 241 g/mol. The Bertz CT molecular complexity index is 253. The molecule has 1 fully saturated rings. The summed E-state index contributed by atoms with van der Waals surface area (Å²) >= 11 is 0. The molecule has 0 bridgehead atoms. The van der Waals surface area contributed by atoms with Gasteiger partial charge < -0.3 is 16.0 Å². The van der Waals surface area contributed by atoms with E-state index in [1.54, 1.807) is 0 Å². The molecule has 0 unspecified atom stereocenters. The van der Waals surface area contributed by atoms with Crippen LogP contribution in [0.15, 0.2) is 0 Å². The van der Waals surface area contributed by atoms with E-state index in [-0.39, 0.29) is 11.6 Å². The molecule has 4 heteroatoms. The average Bonchev–Trinajstić information content (AvgIpc) is 2.64. The van der Waals surface area contributed by atoms with Gasteiger partial charge in [0.1, 0.15) is 0 Å². The summed E-state index contributed by atoms with van der Waals surface area (Å²) < 4.78 is 0. The third-order valence-electron chi connectivity index (χ3n) is 3.81. The molecule has 1 saturated heterocycles. The van der Waals surface area contributed by atoms with Gasteiger partial charge in [0.15, 0.2) is 0 Å². The Morgan fingerprint density at radius 3 is 2.65 bits per heavy atom. The molecule has 1 aliphatic heterocycles. The maximum absolute atomic E-state index is 11.6. The van der Waals surface area contributed by atoms with Gasteiger partial charge >= 0.3 is 6.03 Å². The van der Waals surface area contributed by atoms with E-state index >= 15 is 0 Å². The Kier molecular flexibility index (Phi) is 5.25. The highest BCUT2D eigenvalue weighted by atomic mass is 16.2. The van der Waals surface area contributed by atoms with E-state index in [1.807, 2.05) is 13.8 Å². The van der Waals surface area contributed by atoms with Gasteiger partial charge in [0.05, 0.1) is 0 Å². The molecule has 2 amide bonds. The normalized spacial score (nSPS) is 24.7. The Balaban J connectivity index is 2.16. The Hall–Kier alpha value is -0.770. The molecule has 0 aliphatic carbocycles. The van der Waals surface area contributed by atoms with Crippen LogP contribution in [0.3, 0.4) is 0 Å². The van der Waals surface area contributed by atoms with Crippen LogP contribution in [0.25, 0.3) is 0 Å². The first-order chi connectivity index (χ1) is 7.94. The molecule has 0 aromatic rings. The van der Waals surface area contributed by atoms with Crippen LogP contribution in [-0.2, 0) is 0 Å². The van der Waals surface area contributed by atoms with E-state index in [2.05, 4.69) is 29.8 Å². The largest absolute Gasteiger partial charge is 0.338 e. The lowest BCUT2D eigenvalue weighted by molar-refractivity contribution is 0.227. The molecule has 3 N–H and O–H groups in total. The van der Waals surface area contributed by atoms with Crippen molar-refractivity contribution in [2.24, 2.45) is 11.8 Å². The van der Waals surface area contributed by atoms with Crippen molar-refractivity contribution in [3.63, 3.8) is 0 Å². The maximum atomic E-state index is 11.6. The van der Waals surface area contributed by atoms with E-state index < -0.39 is 0 Å². The minimum atomic E-state index is -0.119. The second kappa shape index (κ2) is 6.24. The molecule has 1 heterocycles. The molecule has 0 aromatic carbocycles. The predicted octanol–water partition coefficient (Wildman–Crippen LogP) is 1.72. The van der Waals surface area contributed by atoms with Gasteiger partial charge in [0, 0.05) is 12.1 Å². The molecule has 0 radical (unpaired) electrons. The van der Waals surface area contributed by atoms with Gasteiger partial charge in [-0.15, -0.1) is 0 Å². The van der Waals surface area contributed by atoms with Crippen molar-refractivity contribution in [1.29, 1.82) is 0 Å². The summed E-state index contributed by atoms with van der Waals surface area (Å²) in [7, 11) is 0. The number of carbonyl (C=O) groups is 1. The molecule has 4 nitrogen and oxygen atoms in total. The van der Waals surface area contributed by atoms with Crippen LogP contribution in [0.1, 0.15) is 40.5 Å². The van der Waals surface area contributed by atoms with Crippen molar-refractivity contribution in [3.8, 4) is 0 Å². The zero-order valence-electron chi connectivity index (χ0n) is 11.6. The second-order valence-electron chi connectivity index (χ2n) is 5.80. The van der Waals surface area contributed by atoms with Crippen LogP contribution >= 0.6 is 0 Å². The van der Waals surface area contributed by atoms with Crippen molar-refractivity contribution in [2.75, 3.05) is 19.6 Å². The van der Waals surface area contributed by atoms with Crippen LogP contribution in [0.4, 0.5) is 4.79 Å². The van der Waals surface area contributed by atoms with E-state index in [4.69, 9.17) is 0 Å². The van der Waals surface area contributed by atoms with Crippen LogP contribution in [-0.4, -0.2) is 31.2 Å². The average molecular weight is 241 g/mol. The lowest BCUT2D eigenvalue weighted by Crippen LogP contribution is -2.48. The highest BCUT2D eigenvalue weighted by Gasteiger charge is 2.23. The first-order valence-corrected chi connectivity index (χ1v) is 6.71. The van der Waals surface area contributed by atoms with Gasteiger partial charge in [-0.25, -0.2) is 4.79 Å². The number of amides is 2. The first kappa shape index (κ1) is 14.3. The van der Waals surface area contributed by atoms with Gasteiger partial charge in [-0.2, -0.15) is 0 Å². The highest BCUT2D eigenvalue weighted by Crippen LogP contribution is 2.18. The summed E-state index contributed by atoms with van der Waals surface area (Å²) in [5.74, 6) is 1.43. The third-order valence-corrected chi connectivity index (χ3v) is 3.81. The molecule has 100 valence electrons. The Morgan fingerprint density at radius 2 is 2.12 bits per heavy atom. The van der Waals surface area contributed by atoms with Crippen LogP contribution < -0.4 is 16.0 Å². The van der Waals surface area contributed by atoms with E-state index in [0.717, 1.165) is 38.4 Å². The summed E-state index contributed by atoms with van der Waals surface area (Å²) in [6.45, 7) is 11.4. The zero-order chi connectivity index (χ0) is 12.9. The lowest BCUT2D eigenvalue weighted by Gasteiger charge is -2.25. The van der Waals surface area contributed by atoms with Crippen molar-refractivity contribution in [3.05, 3.63) is 0 Å². The summed E-state index contributed by atoms with van der Waals surface area (Å²) in [6, 6.07) is -0.0459. The number of carbonyl (C=O) groups excluding carboxylic acids is 1. The quantitative estimate of drug-likeness (QED) is 0.686. The fourth-order valence-electron chi connectivity index (χ4n) is 2.06. The summed E-state index contributed by atoms with van der Waals surface area (Å²) in [4.78, 5) is 11.6. The number of rotatable bonds is 5. The molecule has 0 spiro atoms. The van der Waals surface area contributed by atoms with Gasteiger partial charge in [0.2, 0.25) is 0 Å². The molecular formula is C13H27N3O. The maximum Gasteiger partial charge on any atom is 0.315 e. The number of nitrogens with one attached hydrogen (secondary N) is 3. The topological polar surface area (TPSA) is 53.2 Å². The van der Waals surface area contributed by atoms with Crippen LogP contribution in [0.5, 0.6) is 0 Å². The lowest BCUT2D eigenvalue weighted by atomic mass is 9.95. The fraction of sp³-hybridized carbons (Fsp3) is 0.923. The van der Waals surface area contributed by atoms with Crippen molar-refractivity contribution < 1.29 is 4.79 Å². The number of urea groups is 1. The molecular weight excluding hydrogens is 214 g/mol. The Morgan fingerprint density at radius 1 is 1.41 bits per heavy atom. The minimum Gasteiger partial charge on any atom is -0.338 e. The standard InChI is InChI=1S/C13H27N3O/c1-5-13(3,4)16-12(17)15-7-6-11-9-14-8-10(11)2/h10-11,14H,5-9H2,1-4H3,(H2,15,16,17)/t10-,11-/m1/s1. The van der Waals surface area contributed by atoms with Gasteiger partial charge in [0.25, 0.3) is 0 Å². The number of hydrogen-bond donors (Lipinski definition) is 3. The number of hydrogen-bond acceptors (Lipinski definition) is 2. The Labute approximate surface area is 105 Å². The van der Waals surface area contributed by atoms with E-state index in [0.29, 0.717) is 5.92 Å². The summed E-state index contributed by atoms with van der Waals surface area (Å²) in [6.07, 6.45) is 2.00. The second-order valence-corrected chi connectivity index (χ2v) is 5.80. The fourth-order valence-corrected chi connectivity index (χ4v) is 2.06. The third kappa shape index (κ3) is 4.94. The van der Waals surface area contributed by atoms with Crippen molar-refractivity contribution in [2.45, 2.75) is 46.1 Å². The molecule has 1 rings (SSSR count). The smallest absolute Gasteiger partial charge is 0.315 e. The minimum absolute atomic E-state index is 0.0459. The van der Waals surface area contributed by atoms with Gasteiger partial charge in [-0.1, -0.05) is 13.8 Å². The van der Waals surface area contributed by atoms with E-state index in [9.17, 15) is 4.79 Å². The van der Waals surface area contributed by atoms with Crippen molar-refractivity contribution in [1.82, 2.24) is 16.0 Å². The SMILES string of the molecule is CCC(C)(C)NC(=O)NCC[C@@H]1CNC[C@H]1C. The van der Waals surface area contributed by atoms with Gasteiger partial charge in [-0.3, -0.25) is 0 Å². The predicted molar refractivity (Wildman–Crippen MR) is 71.0 cm³/mol. The first-order valence-electron chi connectivity index (χ1n) is 6.71. The van der Waals surface area contributed by atoms with E-state index in [1.165, 1.54) is 0 Å². The van der Waals surface area contributed by atoms with Crippen molar-refractivity contribution >= 4 is 6.03 Å². The molecule has 0 aromatic heterocycles. The molecule has 1 aliphatic rings. The van der Waals surface area contributed by atoms with Crippen LogP contribution in [0.2, 0.25) is 0 Å². The summed E-state index contributed by atoms with van der Waals surface area (Å²) in [5, 5.41) is 9.30. The summed E-state index contributed by atoms with van der Waals surface area (Å²) in [5.41, 5.74) is -0.119. The molecule has 2 atom stereocenters. The molecule has 17 heavy (non-hydrogen) atoms. The highest BCUT2D eigenvalue weighted by molar-refractivity contribution is 5.74. The van der Waals surface area contributed by atoms with Crippen LogP contribution in [0, 0.1) is 11.8 Å². The molecule has 0 saturated carbocycles.